The molecule has 1 aliphatic rings. The average molecular weight is 515 g/mol. The van der Waals surface area contributed by atoms with E-state index in [4.69, 9.17) is 32.7 Å². The first-order valence-corrected chi connectivity index (χ1v) is 12.7. The van der Waals surface area contributed by atoms with E-state index in [0.29, 0.717) is 35.0 Å². The van der Waals surface area contributed by atoms with E-state index in [9.17, 15) is 0 Å². The van der Waals surface area contributed by atoms with E-state index in [1.807, 2.05) is 43.4 Å². The number of pyridine rings is 1. The minimum Gasteiger partial charge on any atom is -0.456 e. The summed E-state index contributed by atoms with van der Waals surface area (Å²) in [5.41, 5.74) is 3.00. The molecule has 2 heterocycles. The zero-order valence-electron chi connectivity index (χ0n) is 20.2. The van der Waals surface area contributed by atoms with Crippen molar-refractivity contribution in [3.63, 3.8) is 0 Å². The van der Waals surface area contributed by atoms with Crippen LogP contribution in [0.3, 0.4) is 0 Å². The van der Waals surface area contributed by atoms with Gasteiger partial charge in [0.1, 0.15) is 17.3 Å². The molecule has 0 aliphatic carbocycles. The Morgan fingerprint density at radius 2 is 1.71 bits per heavy atom. The predicted octanol–water partition coefficient (Wildman–Crippen LogP) is 5.77. The molecule has 1 aliphatic heterocycles. The minimum absolute atomic E-state index is 0.591. The van der Waals surface area contributed by atoms with Crippen LogP contribution in [0.15, 0.2) is 54.7 Å². The number of aromatic nitrogens is 1. The molecule has 0 spiro atoms. The van der Waals surface area contributed by atoms with Crippen LogP contribution in [-0.2, 0) is 11.3 Å². The zero-order valence-corrected chi connectivity index (χ0v) is 21.7. The molecule has 3 aromatic rings. The Morgan fingerprint density at radius 3 is 2.37 bits per heavy atom. The second kappa shape index (κ2) is 12.6. The molecule has 1 aromatic heterocycles. The Hall–Kier alpha value is -2.35. The largest absolute Gasteiger partial charge is 0.456 e. The van der Waals surface area contributed by atoms with Crippen molar-refractivity contribution in [2.45, 2.75) is 25.4 Å². The van der Waals surface area contributed by atoms with E-state index >= 15 is 0 Å². The second-order valence-corrected chi connectivity index (χ2v) is 9.57. The highest BCUT2D eigenvalue weighted by atomic mass is 35.5. The van der Waals surface area contributed by atoms with Crippen molar-refractivity contribution < 1.29 is 9.47 Å². The lowest BCUT2D eigenvalue weighted by Crippen LogP contribution is -2.41. The number of rotatable bonds is 10. The number of methoxy groups -OCH3 is 1. The Kier molecular flexibility index (Phi) is 9.24. The summed E-state index contributed by atoms with van der Waals surface area (Å²) in [7, 11) is 3.72. The van der Waals surface area contributed by atoms with Gasteiger partial charge in [0.05, 0.1) is 12.8 Å². The average Bonchev–Trinajstić information content (AvgIpc) is 2.86. The fraction of sp³-hybridized carbons (Fsp3) is 0.370. The van der Waals surface area contributed by atoms with Gasteiger partial charge in [-0.1, -0.05) is 23.2 Å². The molecule has 186 valence electrons. The van der Waals surface area contributed by atoms with E-state index in [2.05, 4.69) is 26.6 Å². The lowest BCUT2D eigenvalue weighted by atomic mass is 10.0. The maximum absolute atomic E-state index is 6.27. The highest BCUT2D eigenvalue weighted by Crippen LogP contribution is 2.33. The van der Waals surface area contributed by atoms with Crippen LogP contribution in [0.5, 0.6) is 11.5 Å². The topological polar surface area (TPSA) is 58.7 Å². The predicted molar refractivity (Wildman–Crippen MR) is 144 cm³/mol. The van der Waals surface area contributed by atoms with Crippen LogP contribution in [0.25, 0.3) is 11.1 Å². The molecule has 0 radical (unpaired) electrons. The molecule has 1 saturated heterocycles. The van der Waals surface area contributed by atoms with Gasteiger partial charge in [0.2, 0.25) is 0 Å². The number of nitrogens with zero attached hydrogens (tertiary/aromatic N) is 2. The fourth-order valence-corrected chi connectivity index (χ4v) is 4.80. The second-order valence-electron chi connectivity index (χ2n) is 8.70. The maximum atomic E-state index is 6.27. The molecule has 1 fully saturated rings. The third-order valence-electron chi connectivity index (χ3n) is 6.16. The summed E-state index contributed by atoms with van der Waals surface area (Å²) in [6.45, 7) is 4.10. The maximum Gasteiger partial charge on any atom is 0.145 e. The third kappa shape index (κ3) is 7.32. The first-order chi connectivity index (χ1) is 17.0. The van der Waals surface area contributed by atoms with E-state index in [-0.39, 0.29) is 0 Å². The van der Waals surface area contributed by atoms with E-state index in [1.165, 1.54) is 0 Å². The number of ether oxygens (including phenoxy) is 2. The molecule has 0 unspecified atom stereocenters. The van der Waals surface area contributed by atoms with Crippen LogP contribution < -0.4 is 20.3 Å². The van der Waals surface area contributed by atoms with Gasteiger partial charge in [0, 0.05) is 49.4 Å². The highest BCUT2D eigenvalue weighted by molar-refractivity contribution is 6.35. The molecule has 2 aromatic carbocycles. The van der Waals surface area contributed by atoms with Gasteiger partial charge >= 0.3 is 0 Å². The monoisotopic (exact) mass is 514 g/mol. The number of hydrogen-bond acceptors (Lipinski definition) is 6. The van der Waals surface area contributed by atoms with Crippen LogP contribution in [-0.4, -0.2) is 51.4 Å². The number of benzene rings is 2. The van der Waals surface area contributed by atoms with Gasteiger partial charge in [0.15, 0.2) is 0 Å². The molecule has 2 N–H and O–H groups in total. The summed E-state index contributed by atoms with van der Waals surface area (Å²) in [5.74, 6) is 2.40. The fourth-order valence-electron chi connectivity index (χ4n) is 4.27. The van der Waals surface area contributed by atoms with Gasteiger partial charge in [-0.25, -0.2) is 4.98 Å². The lowest BCUT2D eigenvalue weighted by molar-refractivity contribution is 0.199. The number of anilines is 1. The SMILES string of the molecule is CNC1CCN(c2ccc(Oc3cc(CNCCOC)cc(-c4cc(Cl)cc(Cl)c4)c3)cn2)CC1. The Morgan fingerprint density at radius 1 is 0.971 bits per heavy atom. The van der Waals surface area contributed by atoms with Crippen molar-refractivity contribution >= 4 is 29.0 Å². The molecular weight excluding hydrogens is 483 g/mol. The number of nitrogens with one attached hydrogen (secondary N) is 2. The minimum atomic E-state index is 0.591. The summed E-state index contributed by atoms with van der Waals surface area (Å²) >= 11 is 12.5. The molecule has 35 heavy (non-hydrogen) atoms. The van der Waals surface area contributed by atoms with Gasteiger partial charge in [0.25, 0.3) is 0 Å². The van der Waals surface area contributed by atoms with Crippen molar-refractivity contribution in [2.75, 3.05) is 45.3 Å². The van der Waals surface area contributed by atoms with Crippen LogP contribution in [0.2, 0.25) is 10.0 Å². The van der Waals surface area contributed by atoms with Crippen LogP contribution in [0.4, 0.5) is 5.82 Å². The molecule has 6 nitrogen and oxygen atoms in total. The normalized spacial score (nSPS) is 14.3. The van der Waals surface area contributed by atoms with Crippen molar-refractivity contribution in [1.29, 1.82) is 0 Å². The van der Waals surface area contributed by atoms with Crippen LogP contribution >= 0.6 is 23.2 Å². The van der Waals surface area contributed by atoms with Gasteiger partial charge in [-0.2, -0.15) is 0 Å². The summed E-state index contributed by atoms with van der Waals surface area (Å²) < 4.78 is 11.4. The highest BCUT2D eigenvalue weighted by Gasteiger charge is 2.18. The molecular formula is C27H32Cl2N4O2. The van der Waals surface area contributed by atoms with Gasteiger partial charge in [-0.3, -0.25) is 0 Å². The summed E-state index contributed by atoms with van der Waals surface area (Å²) in [5, 5.41) is 7.95. The van der Waals surface area contributed by atoms with Gasteiger partial charge in [-0.15, -0.1) is 0 Å². The third-order valence-corrected chi connectivity index (χ3v) is 6.59. The quantitative estimate of drug-likeness (QED) is 0.335. The molecule has 0 amide bonds. The van der Waals surface area contributed by atoms with Gasteiger partial charge < -0.3 is 25.0 Å². The molecule has 0 saturated carbocycles. The zero-order chi connectivity index (χ0) is 24.6. The smallest absolute Gasteiger partial charge is 0.145 e. The molecule has 0 bridgehead atoms. The Balaban J connectivity index is 1.52. The number of hydrogen-bond donors (Lipinski definition) is 2. The van der Waals surface area contributed by atoms with E-state index < -0.39 is 0 Å². The van der Waals surface area contributed by atoms with Crippen molar-refractivity contribution in [3.05, 3.63) is 70.3 Å². The summed E-state index contributed by atoms with van der Waals surface area (Å²) in [6.07, 6.45) is 4.04. The molecule has 8 heteroatoms. The lowest BCUT2D eigenvalue weighted by Gasteiger charge is -2.32. The van der Waals surface area contributed by atoms with Crippen LogP contribution in [0, 0.1) is 0 Å². The van der Waals surface area contributed by atoms with Crippen LogP contribution in [0.1, 0.15) is 18.4 Å². The standard InChI is InChI=1S/C27H32Cl2N4O2/c1-30-24-5-8-33(9-6-24)27-4-3-25(18-32-27)35-26-12-19(17-31-7-10-34-2)11-20(15-26)21-13-22(28)16-23(29)14-21/h3-4,11-16,18,24,30-31H,5-10,17H2,1-2H3. The van der Waals surface area contributed by atoms with E-state index in [1.54, 1.807) is 19.4 Å². The van der Waals surface area contributed by atoms with Crippen molar-refractivity contribution in [2.24, 2.45) is 0 Å². The first kappa shape index (κ1) is 25.7. The van der Waals surface area contributed by atoms with Gasteiger partial charge in [-0.05, 0) is 85.1 Å². The first-order valence-electron chi connectivity index (χ1n) is 11.9. The van der Waals surface area contributed by atoms with Crippen molar-refractivity contribution in [1.82, 2.24) is 15.6 Å². The summed E-state index contributed by atoms with van der Waals surface area (Å²) in [4.78, 5) is 6.99. The summed E-state index contributed by atoms with van der Waals surface area (Å²) in [6, 6.07) is 16.3. The Labute approximate surface area is 217 Å². The number of piperidine rings is 1. The molecule has 0 atom stereocenters. The molecule has 4 rings (SSSR count). The Bertz CT molecular complexity index is 1080. The number of halogens is 2. The van der Waals surface area contributed by atoms with Crippen molar-refractivity contribution in [3.8, 4) is 22.6 Å². The van der Waals surface area contributed by atoms with E-state index in [0.717, 1.165) is 60.7 Å².